The SMILES string of the molecule is CCn1nc(C)c(Cl)c1CSc1ccccc1N. The van der Waals surface area contributed by atoms with Crippen molar-refractivity contribution in [3.8, 4) is 0 Å². The summed E-state index contributed by atoms with van der Waals surface area (Å²) in [5, 5.41) is 5.17. The maximum atomic E-state index is 6.27. The molecule has 2 aromatic rings. The molecule has 0 aliphatic heterocycles. The number of thioether (sulfide) groups is 1. The van der Waals surface area contributed by atoms with Gasteiger partial charge >= 0.3 is 0 Å². The highest BCUT2D eigenvalue weighted by Crippen LogP contribution is 2.31. The van der Waals surface area contributed by atoms with Gasteiger partial charge in [-0.25, -0.2) is 0 Å². The number of rotatable bonds is 4. The minimum absolute atomic E-state index is 0.763. The highest BCUT2D eigenvalue weighted by atomic mass is 35.5. The fourth-order valence-electron chi connectivity index (χ4n) is 1.76. The summed E-state index contributed by atoms with van der Waals surface area (Å²) < 4.78 is 1.95. The second kappa shape index (κ2) is 5.67. The van der Waals surface area contributed by atoms with Crippen LogP contribution in [0.15, 0.2) is 29.2 Å². The molecule has 96 valence electrons. The van der Waals surface area contributed by atoms with Crippen LogP contribution >= 0.6 is 23.4 Å². The predicted octanol–water partition coefficient (Wildman–Crippen LogP) is 3.74. The van der Waals surface area contributed by atoms with Crippen molar-refractivity contribution in [1.82, 2.24) is 9.78 Å². The lowest BCUT2D eigenvalue weighted by molar-refractivity contribution is 0.632. The number of nitrogens with two attached hydrogens (primary N) is 1. The Bertz CT molecular complexity index is 551. The predicted molar refractivity (Wildman–Crippen MR) is 78.1 cm³/mol. The van der Waals surface area contributed by atoms with Crippen molar-refractivity contribution in [2.24, 2.45) is 0 Å². The van der Waals surface area contributed by atoms with E-state index in [2.05, 4.69) is 12.0 Å². The van der Waals surface area contributed by atoms with Gasteiger partial charge in [0.05, 0.1) is 16.4 Å². The molecule has 18 heavy (non-hydrogen) atoms. The second-order valence-corrected chi connectivity index (χ2v) is 5.38. The molecule has 0 aliphatic rings. The van der Waals surface area contributed by atoms with Crippen LogP contribution in [0.3, 0.4) is 0 Å². The molecule has 0 fully saturated rings. The Hall–Kier alpha value is -1.13. The van der Waals surface area contributed by atoms with Gasteiger partial charge in [0, 0.05) is 22.9 Å². The maximum Gasteiger partial charge on any atom is 0.0855 e. The van der Waals surface area contributed by atoms with Crippen LogP contribution in [0.1, 0.15) is 18.3 Å². The lowest BCUT2D eigenvalue weighted by Gasteiger charge is -2.07. The first kappa shape index (κ1) is 13.3. The zero-order chi connectivity index (χ0) is 13.1. The molecule has 0 aliphatic carbocycles. The minimum Gasteiger partial charge on any atom is -0.398 e. The number of nitrogens with zero attached hydrogens (tertiary/aromatic N) is 2. The molecular formula is C13H16ClN3S. The van der Waals surface area contributed by atoms with Crippen molar-refractivity contribution in [1.29, 1.82) is 0 Å². The Morgan fingerprint density at radius 2 is 2.11 bits per heavy atom. The number of hydrogen-bond acceptors (Lipinski definition) is 3. The standard InChI is InChI=1S/C13H16ClN3S/c1-3-17-11(13(14)9(2)16-17)8-18-12-7-5-4-6-10(12)15/h4-7H,3,8,15H2,1-2H3. The molecule has 5 heteroatoms. The summed E-state index contributed by atoms with van der Waals surface area (Å²) in [6.45, 7) is 4.82. The van der Waals surface area contributed by atoms with E-state index >= 15 is 0 Å². The van der Waals surface area contributed by atoms with Gasteiger partial charge in [-0.3, -0.25) is 4.68 Å². The van der Waals surface area contributed by atoms with E-state index in [1.807, 2.05) is 35.9 Å². The smallest absolute Gasteiger partial charge is 0.0855 e. The fourth-order valence-corrected chi connectivity index (χ4v) is 3.04. The van der Waals surface area contributed by atoms with Gasteiger partial charge in [-0.05, 0) is 26.0 Å². The average Bonchev–Trinajstić information content (AvgIpc) is 2.65. The van der Waals surface area contributed by atoms with Crippen molar-refractivity contribution in [2.45, 2.75) is 31.0 Å². The van der Waals surface area contributed by atoms with Crippen LogP contribution in [-0.4, -0.2) is 9.78 Å². The van der Waals surface area contributed by atoms with Crippen LogP contribution in [0, 0.1) is 6.92 Å². The lowest BCUT2D eigenvalue weighted by Crippen LogP contribution is -2.01. The molecule has 0 spiro atoms. The van der Waals surface area contributed by atoms with E-state index in [-0.39, 0.29) is 0 Å². The fraction of sp³-hybridized carbons (Fsp3) is 0.308. The van der Waals surface area contributed by atoms with Gasteiger partial charge in [-0.15, -0.1) is 11.8 Å². The number of halogens is 1. The Kier molecular flexibility index (Phi) is 4.19. The van der Waals surface area contributed by atoms with Crippen LogP contribution in [-0.2, 0) is 12.3 Å². The molecule has 0 saturated heterocycles. The Balaban J connectivity index is 2.18. The zero-order valence-electron chi connectivity index (χ0n) is 10.5. The van der Waals surface area contributed by atoms with Crippen molar-refractivity contribution < 1.29 is 0 Å². The molecular weight excluding hydrogens is 266 g/mol. The van der Waals surface area contributed by atoms with E-state index in [1.54, 1.807) is 11.8 Å². The van der Waals surface area contributed by atoms with E-state index in [9.17, 15) is 0 Å². The molecule has 0 radical (unpaired) electrons. The zero-order valence-corrected chi connectivity index (χ0v) is 12.1. The summed E-state index contributed by atoms with van der Waals surface area (Å²) in [4.78, 5) is 1.08. The summed E-state index contributed by atoms with van der Waals surface area (Å²) in [5.41, 5.74) is 8.67. The first-order valence-corrected chi connectivity index (χ1v) is 7.19. The Morgan fingerprint density at radius 1 is 1.39 bits per heavy atom. The number of nitrogen functional groups attached to an aromatic ring is 1. The number of anilines is 1. The van der Waals surface area contributed by atoms with Crippen LogP contribution in [0.25, 0.3) is 0 Å². The van der Waals surface area contributed by atoms with Crippen molar-refractivity contribution in [3.05, 3.63) is 40.7 Å². The third-order valence-corrected chi connectivity index (χ3v) is 4.33. The van der Waals surface area contributed by atoms with E-state index in [4.69, 9.17) is 17.3 Å². The van der Waals surface area contributed by atoms with Crippen LogP contribution in [0.5, 0.6) is 0 Å². The maximum absolute atomic E-state index is 6.27. The van der Waals surface area contributed by atoms with Crippen molar-refractivity contribution >= 4 is 29.1 Å². The second-order valence-electron chi connectivity index (χ2n) is 3.99. The third-order valence-electron chi connectivity index (χ3n) is 2.74. The molecule has 1 aromatic heterocycles. The van der Waals surface area contributed by atoms with Crippen LogP contribution in [0.4, 0.5) is 5.69 Å². The molecule has 1 heterocycles. The van der Waals surface area contributed by atoms with Crippen LogP contribution in [0.2, 0.25) is 5.02 Å². The summed E-state index contributed by atoms with van der Waals surface area (Å²) in [6, 6.07) is 7.86. The van der Waals surface area contributed by atoms with Crippen LogP contribution < -0.4 is 5.73 Å². The van der Waals surface area contributed by atoms with Crippen molar-refractivity contribution in [2.75, 3.05) is 5.73 Å². The largest absolute Gasteiger partial charge is 0.398 e. The van der Waals surface area contributed by atoms with E-state index in [0.717, 1.165) is 39.3 Å². The van der Waals surface area contributed by atoms with Gasteiger partial charge in [-0.2, -0.15) is 5.10 Å². The number of hydrogen-bond donors (Lipinski definition) is 1. The number of benzene rings is 1. The number of aromatic nitrogens is 2. The number of para-hydroxylation sites is 1. The molecule has 0 amide bonds. The van der Waals surface area contributed by atoms with Gasteiger partial charge in [-0.1, -0.05) is 23.7 Å². The summed E-state index contributed by atoms with van der Waals surface area (Å²) in [6.07, 6.45) is 0. The summed E-state index contributed by atoms with van der Waals surface area (Å²) >= 11 is 7.96. The van der Waals surface area contributed by atoms with Gasteiger partial charge in [0.2, 0.25) is 0 Å². The normalized spacial score (nSPS) is 10.8. The van der Waals surface area contributed by atoms with Gasteiger partial charge in [0.15, 0.2) is 0 Å². The Labute approximate surface area is 116 Å². The highest BCUT2D eigenvalue weighted by Gasteiger charge is 2.13. The van der Waals surface area contributed by atoms with E-state index in [1.165, 1.54) is 0 Å². The molecule has 0 unspecified atom stereocenters. The summed E-state index contributed by atoms with van der Waals surface area (Å²) in [7, 11) is 0. The van der Waals surface area contributed by atoms with Gasteiger partial charge < -0.3 is 5.73 Å². The van der Waals surface area contributed by atoms with E-state index < -0.39 is 0 Å². The lowest BCUT2D eigenvalue weighted by atomic mass is 10.3. The number of aryl methyl sites for hydroxylation is 2. The van der Waals surface area contributed by atoms with Crippen molar-refractivity contribution in [3.63, 3.8) is 0 Å². The average molecular weight is 282 g/mol. The molecule has 2 rings (SSSR count). The third kappa shape index (κ3) is 2.65. The molecule has 0 bridgehead atoms. The molecule has 2 N–H and O–H groups in total. The molecule has 0 saturated carbocycles. The minimum atomic E-state index is 0.763. The van der Waals surface area contributed by atoms with Gasteiger partial charge in [0.1, 0.15) is 0 Å². The molecule has 3 nitrogen and oxygen atoms in total. The quantitative estimate of drug-likeness (QED) is 0.686. The Morgan fingerprint density at radius 3 is 2.78 bits per heavy atom. The highest BCUT2D eigenvalue weighted by molar-refractivity contribution is 7.98. The topological polar surface area (TPSA) is 43.8 Å². The first-order chi connectivity index (χ1) is 8.63. The summed E-state index contributed by atoms with van der Waals surface area (Å²) in [5.74, 6) is 0.779. The molecule has 1 aromatic carbocycles. The molecule has 0 atom stereocenters. The van der Waals surface area contributed by atoms with Gasteiger partial charge in [0.25, 0.3) is 0 Å². The first-order valence-electron chi connectivity index (χ1n) is 5.82. The monoisotopic (exact) mass is 281 g/mol. The van der Waals surface area contributed by atoms with E-state index in [0.29, 0.717) is 0 Å².